The van der Waals surface area contributed by atoms with Crippen LogP contribution in [0.2, 0.25) is 0 Å². The zero-order chi connectivity index (χ0) is 16.5. The van der Waals surface area contributed by atoms with Crippen LogP contribution in [-0.4, -0.2) is 23.7 Å². The number of hydrogen-bond acceptors (Lipinski definition) is 4. The van der Waals surface area contributed by atoms with Gasteiger partial charge in [-0.15, -0.1) is 11.3 Å². The number of carbonyl (C=O) groups excluding carboxylic acids is 1. The minimum Gasteiger partial charge on any atom is -0.478 e. The van der Waals surface area contributed by atoms with Crippen LogP contribution in [0.5, 0.6) is 0 Å². The van der Waals surface area contributed by atoms with Crippen LogP contribution >= 0.6 is 11.3 Å². The number of aromatic carboxylic acids is 1. The van der Waals surface area contributed by atoms with Crippen LogP contribution in [0, 0.1) is 11.8 Å². The molecule has 0 fully saturated rings. The third-order valence-electron chi connectivity index (χ3n) is 2.79. The molecule has 0 aliphatic heterocycles. The second-order valence-corrected chi connectivity index (χ2v) is 5.46. The van der Waals surface area contributed by atoms with Crippen LogP contribution < -0.4 is 5.32 Å². The van der Waals surface area contributed by atoms with E-state index in [0.29, 0.717) is 17.8 Å². The Morgan fingerprint density at radius 1 is 1.26 bits per heavy atom. The van der Waals surface area contributed by atoms with E-state index in [1.165, 1.54) is 17.4 Å². The van der Waals surface area contributed by atoms with E-state index in [4.69, 9.17) is 9.84 Å². The zero-order valence-corrected chi connectivity index (χ0v) is 13.1. The molecule has 2 rings (SSSR count). The number of hydrogen-bond donors (Lipinski definition) is 2. The Hall–Kier alpha value is -2.78. The fourth-order valence-electron chi connectivity index (χ4n) is 1.66. The van der Waals surface area contributed by atoms with Crippen molar-refractivity contribution in [1.29, 1.82) is 0 Å². The van der Waals surface area contributed by atoms with E-state index in [1.807, 2.05) is 30.3 Å². The first-order chi connectivity index (χ1) is 11.1. The Labute approximate surface area is 137 Å². The zero-order valence-electron chi connectivity index (χ0n) is 12.2. The van der Waals surface area contributed by atoms with E-state index < -0.39 is 12.1 Å². The number of rotatable bonds is 5. The SMILES string of the molecule is O=C(NCCC#Cc1cc(C(=O)O)cs1)OCc1ccccc1. The van der Waals surface area contributed by atoms with E-state index >= 15 is 0 Å². The smallest absolute Gasteiger partial charge is 0.407 e. The predicted octanol–water partition coefficient (Wildman–Crippen LogP) is 3.11. The second-order valence-electron chi connectivity index (χ2n) is 4.55. The standard InChI is InChI=1S/C17H15NO4S/c19-16(20)14-10-15(23-12-14)8-4-5-9-18-17(21)22-11-13-6-2-1-3-7-13/h1-3,6-7,10,12H,5,9,11H2,(H,18,21)(H,19,20). The molecule has 1 amide bonds. The predicted molar refractivity (Wildman–Crippen MR) is 87.4 cm³/mol. The molecule has 23 heavy (non-hydrogen) atoms. The molecule has 118 valence electrons. The van der Waals surface area contributed by atoms with Crippen molar-refractivity contribution < 1.29 is 19.4 Å². The lowest BCUT2D eigenvalue weighted by atomic mass is 10.2. The summed E-state index contributed by atoms with van der Waals surface area (Å²) in [7, 11) is 0. The normalized spacial score (nSPS) is 9.57. The number of amides is 1. The number of carboxylic acids is 1. The average Bonchev–Trinajstić information content (AvgIpc) is 3.03. The van der Waals surface area contributed by atoms with Crippen molar-refractivity contribution in [2.75, 3.05) is 6.54 Å². The highest BCUT2D eigenvalue weighted by Gasteiger charge is 2.04. The minimum absolute atomic E-state index is 0.228. The van der Waals surface area contributed by atoms with Crippen LogP contribution in [0.15, 0.2) is 41.8 Å². The highest BCUT2D eigenvalue weighted by Crippen LogP contribution is 2.13. The number of alkyl carbamates (subject to hydrolysis) is 1. The summed E-state index contributed by atoms with van der Waals surface area (Å²) in [6.07, 6.45) is -0.0271. The van der Waals surface area contributed by atoms with Gasteiger partial charge in [-0.2, -0.15) is 0 Å². The molecule has 0 aliphatic rings. The molecular weight excluding hydrogens is 314 g/mol. The summed E-state index contributed by atoms with van der Waals surface area (Å²) in [5.41, 5.74) is 1.16. The second kappa shape index (κ2) is 8.61. The van der Waals surface area contributed by atoms with Crippen LogP contribution in [-0.2, 0) is 11.3 Å². The summed E-state index contributed by atoms with van der Waals surface area (Å²) in [4.78, 5) is 22.9. The molecule has 1 heterocycles. The molecule has 1 aromatic heterocycles. The fraction of sp³-hybridized carbons (Fsp3) is 0.176. The van der Waals surface area contributed by atoms with Crippen LogP contribution in [0.4, 0.5) is 4.79 Å². The summed E-state index contributed by atoms with van der Waals surface area (Å²) in [5, 5.41) is 13.0. The Balaban J connectivity index is 1.66. The molecule has 6 heteroatoms. The van der Waals surface area contributed by atoms with E-state index in [-0.39, 0.29) is 12.2 Å². The van der Waals surface area contributed by atoms with Gasteiger partial charge in [0.1, 0.15) is 6.61 Å². The lowest BCUT2D eigenvalue weighted by Gasteiger charge is -2.05. The van der Waals surface area contributed by atoms with Crippen LogP contribution in [0.1, 0.15) is 27.2 Å². The largest absolute Gasteiger partial charge is 0.478 e. The monoisotopic (exact) mass is 329 g/mol. The highest BCUT2D eigenvalue weighted by atomic mass is 32.1. The van der Waals surface area contributed by atoms with Crippen molar-refractivity contribution in [3.8, 4) is 11.8 Å². The van der Waals surface area contributed by atoms with Crippen molar-refractivity contribution in [3.05, 3.63) is 57.8 Å². The molecule has 0 radical (unpaired) electrons. The maximum atomic E-state index is 11.5. The Morgan fingerprint density at radius 2 is 2.04 bits per heavy atom. The molecule has 0 atom stereocenters. The van der Waals surface area contributed by atoms with Gasteiger partial charge in [-0.3, -0.25) is 0 Å². The molecule has 1 aromatic carbocycles. The summed E-state index contributed by atoms with van der Waals surface area (Å²) in [6.45, 7) is 0.600. The quantitative estimate of drug-likeness (QED) is 0.653. The first-order valence-corrected chi connectivity index (χ1v) is 7.78. The van der Waals surface area contributed by atoms with Gasteiger partial charge in [0.25, 0.3) is 0 Å². The lowest BCUT2D eigenvalue weighted by Crippen LogP contribution is -2.24. The van der Waals surface area contributed by atoms with Crippen molar-refractivity contribution in [2.45, 2.75) is 13.0 Å². The molecule has 0 saturated heterocycles. The Bertz CT molecular complexity index is 728. The molecule has 0 bridgehead atoms. The minimum atomic E-state index is -0.961. The maximum absolute atomic E-state index is 11.5. The summed E-state index contributed by atoms with van der Waals surface area (Å²) in [6, 6.07) is 11.0. The van der Waals surface area contributed by atoms with Gasteiger partial charge < -0.3 is 15.2 Å². The molecule has 2 aromatic rings. The van der Waals surface area contributed by atoms with Crippen molar-refractivity contribution in [1.82, 2.24) is 5.32 Å². The van der Waals surface area contributed by atoms with Gasteiger partial charge >= 0.3 is 12.1 Å². The topological polar surface area (TPSA) is 75.6 Å². The van der Waals surface area contributed by atoms with Gasteiger partial charge in [0.2, 0.25) is 0 Å². The number of carbonyl (C=O) groups is 2. The van der Waals surface area contributed by atoms with Gasteiger partial charge in [0.05, 0.1) is 10.4 Å². The van der Waals surface area contributed by atoms with Gasteiger partial charge in [-0.1, -0.05) is 42.2 Å². The molecule has 0 saturated carbocycles. The first-order valence-electron chi connectivity index (χ1n) is 6.90. The van der Waals surface area contributed by atoms with Crippen LogP contribution in [0.25, 0.3) is 0 Å². The number of benzene rings is 1. The van der Waals surface area contributed by atoms with Crippen molar-refractivity contribution >= 4 is 23.4 Å². The molecular formula is C17H15NO4S. The third kappa shape index (κ3) is 5.85. The Morgan fingerprint density at radius 3 is 2.74 bits per heavy atom. The summed E-state index contributed by atoms with van der Waals surface area (Å²) in [5.74, 6) is 4.78. The molecule has 0 unspecified atom stereocenters. The maximum Gasteiger partial charge on any atom is 0.407 e. The molecule has 0 aliphatic carbocycles. The highest BCUT2D eigenvalue weighted by molar-refractivity contribution is 7.10. The Kier molecular flexibility index (Phi) is 6.21. The molecule has 5 nitrogen and oxygen atoms in total. The van der Waals surface area contributed by atoms with Crippen molar-refractivity contribution in [3.63, 3.8) is 0 Å². The van der Waals surface area contributed by atoms with Gasteiger partial charge in [0.15, 0.2) is 0 Å². The third-order valence-corrected chi connectivity index (χ3v) is 3.64. The lowest BCUT2D eigenvalue weighted by molar-refractivity contribution is 0.0697. The summed E-state index contributed by atoms with van der Waals surface area (Å²) >= 11 is 1.28. The van der Waals surface area contributed by atoms with Crippen LogP contribution in [0.3, 0.4) is 0 Å². The van der Waals surface area contributed by atoms with E-state index in [9.17, 15) is 9.59 Å². The van der Waals surface area contributed by atoms with E-state index in [0.717, 1.165) is 5.56 Å². The summed E-state index contributed by atoms with van der Waals surface area (Å²) < 4.78 is 5.06. The fourth-order valence-corrected chi connectivity index (χ4v) is 2.41. The first kappa shape index (κ1) is 16.6. The van der Waals surface area contributed by atoms with Gasteiger partial charge in [0, 0.05) is 18.3 Å². The number of ether oxygens (including phenoxy) is 1. The molecule has 0 spiro atoms. The van der Waals surface area contributed by atoms with E-state index in [1.54, 1.807) is 5.38 Å². The number of nitrogens with one attached hydrogen (secondary N) is 1. The molecule has 2 N–H and O–H groups in total. The van der Waals surface area contributed by atoms with Crippen molar-refractivity contribution in [2.24, 2.45) is 0 Å². The average molecular weight is 329 g/mol. The van der Waals surface area contributed by atoms with E-state index in [2.05, 4.69) is 17.2 Å². The van der Waals surface area contributed by atoms with Gasteiger partial charge in [-0.25, -0.2) is 9.59 Å². The number of carboxylic acid groups (broad SMARTS) is 1. The number of thiophene rings is 1. The van der Waals surface area contributed by atoms with Gasteiger partial charge in [-0.05, 0) is 11.6 Å².